The number of β-amino-alcohol motifs (C(OH)–C–C–N with tert-alkyl or cyclic N) is 1. The van der Waals surface area contributed by atoms with Gasteiger partial charge in [-0.1, -0.05) is 60.1 Å². The fraction of sp³-hybridized carbons (Fsp3) is 0.219. The van der Waals surface area contributed by atoms with Crippen LogP contribution in [0.15, 0.2) is 83.5 Å². The van der Waals surface area contributed by atoms with E-state index in [2.05, 4.69) is 20.9 Å². The van der Waals surface area contributed by atoms with Gasteiger partial charge in [0.25, 0.3) is 0 Å². The Morgan fingerprint density at radius 3 is 2.60 bits per heavy atom. The van der Waals surface area contributed by atoms with Gasteiger partial charge in [0.1, 0.15) is 42.5 Å². The van der Waals surface area contributed by atoms with Gasteiger partial charge in [-0.3, -0.25) is 9.69 Å². The SMILES string of the molecule is N#Cc1cc(COc2cc(OCc3cccc(-c4ccccc4)c3Br)c(Cl)cc2CN2C[C@@H](O)C[C@H]2C(=O)O)ccn1. The Labute approximate surface area is 256 Å². The fourth-order valence-corrected chi connectivity index (χ4v) is 5.80. The number of hydrogen-bond acceptors (Lipinski definition) is 7. The number of ether oxygens (including phenoxy) is 2. The second-order valence-electron chi connectivity index (χ2n) is 9.95. The Morgan fingerprint density at radius 1 is 1.05 bits per heavy atom. The average molecular weight is 649 g/mol. The zero-order chi connectivity index (χ0) is 29.6. The van der Waals surface area contributed by atoms with Gasteiger partial charge < -0.3 is 19.7 Å². The van der Waals surface area contributed by atoms with Gasteiger partial charge in [-0.05, 0) is 50.8 Å². The lowest BCUT2D eigenvalue weighted by Crippen LogP contribution is -2.35. The normalized spacial score (nSPS) is 16.6. The number of nitrogens with zero attached hydrogens (tertiary/aromatic N) is 3. The van der Waals surface area contributed by atoms with Crippen LogP contribution in [0.1, 0.15) is 28.8 Å². The standard InChI is InChI=1S/C32H27BrClN3O5/c33-31-22(7-4-8-26(31)21-5-2-1-3-6-21)19-42-30-14-29(41-18-20-9-10-36-24(11-20)15-35)23(12-27(30)34)16-37-17-25(38)13-28(37)32(39)40/h1-12,14,25,28,38H,13,16-19H2,(H,39,40)/t25-,28-/m0/s1. The van der Waals surface area contributed by atoms with Crippen LogP contribution < -0.4 is 9.47 Å². The molecule has 2 N–H and O–H groups in total. The van der Waals surface area contributed by atoms with Crippen LogP contribution in [0.3, 0.4) is 0 Å². The molecule has 0 aliphatic carbocycles. The first-order chi connectivity index (χ1) is 20.3. The number of benzene rings is 3. The van der Waals surface area contributed by atoms with Gasteiger partial charge in [0.05, 0.1) is 11.1 Å². The number of pyridine rings is 1. The molecule has 214 valence electrons. The highest BCUT2D eigenvalue weighted by Crippen LogP contribution is 2.37. The summed E-state index contributed by atoms with van der Waals surface area (Å²) in [6.45, 7) is 0.789. The molecule has 0 spiro atoms. The number of aromatic nitrogens is 1. The largest absolute Gasteiger partial charge is 0.488 e. The topological polar surface area (TPSA) is 116 Å². The first kappa shape index (κ1) is 29.5. The van der Waals surface area contributed by atoms with Crippen molar-refractivity contribution in [3.8, 4) is 28.7 Å². The van der Waals surface area contributed by atoms with Crippen molar-refractivity contribution in [3.63, 3.8) is 0 Å². The van der Waals surface area contributed by atoms with Gasteiger partial charge in [0.15, 0.2) is 0 Å². The van der Waals surface area contributed by atoms with Gasteiger partial charge in [0, 0.05) is 47.4 Å². The van der Waals surface area contributed by atoms with Gasteiger partial charge in [-0.2, -0.15) is 5.26 Å². The monoisotopic (exact) mass is 647 g/mol. The maximum atomic E-state index is 11.8. The van der Waals surface area contributed by atoms with Crippen LogP contribution in [0, 0.1) is 11.3 Å². The van der Waals surface area contributed by atoms with E-state index in [1.54, 1.807) is 35.4 Å². The first-order valence-corrected chi connectivity index (χ1v) is 14.4. The summed E-state index contributed by atoms with van der Waals surface area (Å²) in [7, 11) is 0. The number of aliphatic carboxylic acids is 1. The van der Waals surface area contributed by atoms with Gasteiger partial charge in [0.2, 0.25) is 0 Å². The number of aliphatic hydroxyl groups excluding tert-OH is 1. The predicted octanol–water partition coefficient (Wildman–Crippen LogP) is 6.21. The molecule has 2 heterocycles. The van der Waals surface area contributed by atoms with Crippen molar-refractivity contribution in [1.29, 1.82) is 5.26 Å². The van der Waals surface area contributed by atoms with Crippen LogP contribution in [-0.4, -0.2) is 44.8 Å². The maximum Gasteiger partial charge on any atom is 0.321 e. The minimum absolute atomic E-state index is 0.140. The summed E-state index contributed by atoms with van der Waals surface area (Å²) in [5, 5.41) is 29.4. The predicted molar refractivity (Wildman–Crippen MR) is 161 cm³/mol. The van der Waals surface area contributed by atoms with Gasteiger partial charge in [-0.25, -0.2) is 4.98 Å². The van der Waals surface area contributed by atoms with E-state index in [0.29, 0.717) is 22.1 Å². The number of hydrogen-bond donors (Lipinski definition) is 2. The summed E-state index contributed by atoms with van der Waals surface area (Å²) in [4.78, 5) is 17.5. The van der Waals surface area contributed by atoms with E-state index in [-0.39, 0.29) is 38.4 Å². The Kier molecular flexibility index (Phi) is 9.40. The van der Waals surface area contributed by atoms with Crippen molar-refractivity contribution in [1.82, 2.24) is 9.88 Å². The molecule has 1 aliphatic heterocycles. The molecule has 0 unspecified atom stereocenters. The Hall–Kier alpha value is -3.94. The van der Waals surface area contributed by atoms with Crippen LogP contribution >= 0.6 is 27.5 Å². The summed E-state index contributed by atoms with van der Waals surface area (Å²) in [5.41, 5.74) is 4.70. The molecule has 3 aromatic carbocycles. The van der Waals surface area contributed by atoms with E-state index in [0.717, 1.165) is 26.7 Å². The highest BCUT2D eigenvalue weighted by atomic mass is 79.9. The fourth-order valence-electron chi connectivity index (χ4n) is 4.95. The summed E-state index contributed by atoms with van der Waals surface area (Å²) >= 11 is 10.4. The van der Waals surface area contributed by atoms with E-state index < -0.39 is 18.1 Å². The maximum absolute atomic E-state index is 11.8. The number of nitriles is 1. The van der Waals surface area contributed by atoms with Crippen molar-refractivity contribution >= 4 is 33.5 Å². The lowest BCUT2D eigenvalue weighted by Gasteiger charge is -2.23. The number of halogens is 2. The van der Waals surface area contributed by atoms with Crippen molar-refractivity contribution < 1.29 is 24.5 Å². The summed E-state index contributed by atoms with van der Waals surface area (Å²) < 4.78 is 13.3. The van der Waals surface area contributed by atoms with Crippen LogP contribution in [-0.2, 0) is 24.6 Å². The van der Waals surface area contributed by atoms with E-state index in [1.165, 1.54) is 0 Å². The first-order valence-electron chi connectivity index (χ1n) is 13.2. The Bertz CT molecular complexity index is 1630. The van der Waals surface area contributed by atoms with Crippen LogP contribution in [0.5, 0.6) is 11.5 Å². The number of carboxylic acids is 1. The van der Waals surface area contributed by atoms with E-state index in [9.17, 15) is 20.3 Å². The molecule has 0 bridgehead atoms. The van der Waals surface area contributed by atoms with E-state index >= 15 is 0 Å². The highest BCUT2D eigenvalue weighted by Gasteiger charge is 2.36. The highest BCUT2D eigenvalue weighted by molar-refractivity contribution is 9.10. The van der Waals surface area contributed by atoms with Gasteiger partial charge >= 0.3 is 5.97 Å². The molecule has 8 nitrogen and oxygen atoms in total. The lowest BCUT2D eigenvalue weighted by molar-refractivity contribution is -0.142. The number of carboxylic acid groups (broad SMARTS) is 1. The second kappa shape index (κ2) is 13.4. The smallest absolute Gasteiger partial charge is 0.321 e. The molecule has 1 fully saturated rings. The molecule has 0 saturated carbocycles. The van der Waals surface area contributed by atoms with Gasteiger partial charge in [-0.15, -0.1) is 0 Å². The zero-order valence-electron chi connectivity index (χ0n) is 22.4. The van der Waals surface area contributed by atoms with Crippen molar-refractivity contribution in [2.75, 3.05) is 6.54 Å². The third-order valence-electron chi connectivity index (χ3n) is 7.03. The van der Waals surface area contributed by atoms with Crippen LogP contribution in [0.4, 0.5) is 0 Å². The third-order valence-corrected chi connectivity index (χ3v) is 8.27. The number of rotatable bonds is 10. The minimum Gasteiger partial charge on any atom is -0.488 e. The molecule has 2 atom stereocenters. The molecule has 0 amide bonds. The molecule has 1 aromatic heterocycles. The summed E-state index contributed by atoms with van der Waals surface area (Å²) in [5.74, 6) is -0.146. The third kappa shape index (κ3) is 6.92. The molecule has 42 heavy (non-hydrogen) atoms. The minimum atomic E-state index is -0.996. The van der Waals surface area contributed by atoms with Crippen LogP contribution in [0.25, 0.3) is 11.1 Å². The second-order valence-corrected chi connectivity index (χ2v) is 11.1. The van der Waals surface area contributed by atoms with Crippen molar-refractivity contribution in [2.45, 2.75) is 38.3 Å². The molecule has 0 radical (unpaired) electrons. The molecule has 4 aromatic rings. The summed E-state index contributed by atoms with van der Waals surface area (Å²) in [6.07, 6.45) is 0.949. The zero-order valence-corrected chi connectivity index (χ0v) is 24.8. The number of likely N-dealkylation sites (tertiary alicyclic amines) is 1. The Balaban J connectivity index is 1.41. The van der Waals surface area contributed by atoms with Crippen molar-refractivity contribution in [3.05, 3.63) is 111 Å². The molecular formula is C32H27BrClN3O5. The van der Waals surface area contributed by atoms with Crippen molar-refractivity contribution in [2.24, 2.45) is 0 Å². The van der Waals surface area contributed by atoms with E-state index in [1.807, 2.05) is 54.6 Å². The quantitative estimate of drug-likeness (QED) is 0.209. The number of aliphatic hydroxyl groups is 1. The molecular weight excluding hydrogens is 622 g/mol. The van der Waals surface area contributed by atoms with E-state index in [4.69, 9.17) is 21.1 Å². The molecule has 10 heteroatoms. The molecule has 1 aliphatic rings. The molecule has 1 saturated heterocycles. The molecule has 5 rings (SSSR count). The Morgan fingerprint density at radius 2 is 1.83 bits per heavy atom. The number of carbonyl (C=O) groups is 1. The van der Waals surface area contributed by atoms with Crippen LogP contribution in [0.2, 0.25) is 5.02 Å². The average Bonchev–Trinajstić information content (AvgIpc) is 3.37. The lowest BCUT2D eigenvalue weighted by atomic mass is 10.0. The summed E-state index contributed by atoms with van der Waals surface area (Å²) in [6, 6.07) is 24.0.